The Kier molecular flexibility index (Phi) is 3.54. The molecule has 0 aromatic carbocycles. The molecule has 2 aliphatic carbocycles. The average Bonchev–Trinajstić information content (AvgIpc) is 2.32. The minimum absolute atomic E-state index is 0.0262. The summed E-state index contributed by atoms with van der Waals surface area (Å²) in [6, 6.07) is 2.95. The Morgan fingerprint density at radius 1 is 1.00 bits per heavy atom. The van der Waals surface area contributed by atoms with E-state index in [1.165, 1.54) is 38.5 Å². The lowest BCUT2D eigenvalue weighted by Gasteiger charge is -2.38. The van der Waals surface area contributed by atoms with Crippen LogP contribution in [0.5, 0.6) is 0 Å². The molecule has 2 saturated carbocycles. The summed E-state index contributed by atoms with van der Waals surface area (Å²) in [5, 5.41) is 9.12. The third kappa shape index (κ3) is 2.58. The Bertz CT molecular complexity index is 263. The van der Waals surface area contributed by atoms with E-state index in [0.29, 0.717) is 6.04 Å². The first-order valence-electron chi connectivity index (χ1n) is 6.80. The van der Waals surface area contributed by atoms with Crippen molar-refractivity contribution in [3.8, 4) is 6.07 Å². The summed E-state index contributed by atoms with van der Waals surface area (Å²) in [4.78, 5) is 0. The summed E-state index contributed by atoms with van der Waals surface area (Å²) < 4.78 is 0. The van der Waals surface area contributed by atoms with Crippen LogP contribution < -0.4 is 5.73 Å². The maximum absolute atomic E-state index is 9.12. The summed E-state index contributed by atoms with van der Waals surface area (Å²) in [5.74, 6) is 1.79. The topological polar surface area (TPSA) is 49.8 Å². The Balaban J connectivity index is 1.83. The average molecular weight is 220 g/mol. The van der Waals surface area contributed by atoms with E-state index in [1.54, 1.807) is 0 Å². The van der Waals surface area contributed by atoms with Crippen LogP contribution in [0.3, 0.4) is 0 Å². The molecule has 0 bridgehead atoms. The molecule has 2 fully saturated rings. The van der Waals surface area contributed by atoms with E-state index in [2.05, 4.69) is 13.0 Å². The molecule has 0 spiro atoms. The van der Waals surface area contributed by atoms with Gasteiger partial charge >= 0.3 is 0 Å². The van der Waals surface area contributed by atoms with Gasteiger partial charge in [0.25, 0.3) is 0 Å². The number of nitrogens with two attached hydrogens (primary N) is 1. The first kappa shape index (κ1) is 11.9. The summed E-state index contributed by atoms with van der Waals surface area (Å²) in [7, 11) is 0. The molecule has 0 saturated heterocycles. The van der Waals surface area contributed by atoms with Crippen LogP contribution in [0.4, 0.5) is 0 Å². The second kappa shape index (κ2) is 4.75. The highest BCUT2D eigenvalue weighted by Crippen LogP contribution is 2.44. The van der Waals surface area contributed by atoms with Crippen LogP contribution in [-0.2, 0) is 0 Å². The second-order valence-corrected chi connectivity index (χ2v) is 6.18. The maximum Gasteiger partial charge on any atom is 0.0686 e. The molecule has 0 atom stereocenters. The smallest absolute Gasteiger partial charge is 0.0686 e. The molecule has 0 radical (unpaired) electrons. The van der Waals surface area contributed by atoms with Crippen molar-refractivity contribution in [3.63, 3.8) is 0 Å². The van der Waals surface area contributed by atoms with Gasteiger partial charge in [-0.3, -0.25) is 0 Å². The van der Waals surface area contributed by atoms with Crippen LogP contribution in [0, 0.1) is 28.6 Å². The van der Waals surface area contributed by atoms with E-state index < -0.39 is 0 Å². The number of nitriles is 1. The highest BCUT2D eigenvalue weighted by Gasteiger charge is 2.35. The van der Waals surface area contributed by atoms with Gasteiger partial charge in [-0.15, -0.1) is 0 Å². The van der Waals surface area contributed by atoms with Gasteiger partial charge in [0.1, 0.15) is 0 Å². The third-order valence-corrected chi connectivity index (χ3v) is 4.89. The Morgan fingerprint density at radius 2 is 1.50 bits per heavy atom. The number of hydrogen-bond donors (Lipinski definition) is 1. The predicted molar refractivity (Wildman–Crippen MR) is 65.6 cm³/mol. The molecule has 2 aliphatic rings. The minimum Gasteiger partial charge on any atom is -0.328 e. The molecule has 90 valence electrons. The number of nitrogens with zero attached hydrogens (tertiary/aromatic N) is 1. The van der Waals surface area contributed by atoms with Crippen molar-refractivity contribution in [1.29, 1.82) is 5.26 Å². The molecular formula is C14H24N2. The molecule has 0 heterocycles. The van der Waals surface area contributed by atoms with Crippen molar-refractivity contribution in [2.24, 2.45) is 23.0 Å². The Morgan fingerprint density at radius 3 is 2.00 bits per heavy atom. The number of rotatable bonds is 1. The SMILES string of the molecule is CC1(C#N)CCC(C2CCC(N)CC2)CC1. The van der Waals surface area contributed by atoms with E-state index in [4.69, 9.17) is 11.0 Å². The zero-order valence-electron chi connectivity index (χ0n) is 10.4. The lowest BCUT2D eigenvalue weighted by atomic mass is 9.66. The van der Waals surface area contributed by atoms with E-state index in [0.717, 1.165) is 24.7 Å². The second-order valence-electron chi connectivity index (χ2n) is 6.18. The standard InChI is InChI=1S/C14H24N2/c1-14(10-15)8-6-12(7-9-14)11-2-4-13(16)5-3-11/h11-13H,2-9,16H2,1H3. The van der Waals surface area contributed by atoms with E-state index >= 15 is 0 Å². The molecule has 2 heteroatoms. The fourth-order valence-electron chi connectivity index (χ4n) is 3.48. The molecule has 0 unspecified atom stereocenters. The van der Waals surface area contributed by atoms with Gasteiger partial charge < -0.3 is 5.73 Å². The van der Waals surface area contributed by atoms with Crippen molar-refractivity contribution >= 4 is 0 Å². The molecule has 0 aliphatic heterocycles. The zero-order chi connectivity index (χ0) is 11.6. The summed E-state index contributed by atoms with van der Waals surface area (Å²) in [6.07, 6.45) is 9.85. The summed E-state index contributed by atoms with van der Waals surface area (Å²) >= 11 is 0. The summed E-state index contributed by atoms with van der Waals surface area (Å²) in [5.41, 5.74) is 5.92. The fraction of sp³-hybridized carbons (Fsp3) is 0.929. The van der Waals surface area contributed by atoms with Gasteiger partial charge in [0.2, 0.25) is 0 Å². The lowest BCUT2D eigenvalue weighted by Crippen LogP contribution is -2.32. The molecule has 0 aromatic heterocycles. The van der Waals surface area contributed by atoms with Crippen LogP contribution in [0.25, 0.3) is 0 Å². The van der Waals surface area contributed by atoms with Crippen LogP contribution in [0.15, 0.2) is 0 Å². The lowest BCUT2D eigenvalue weighted by molar-refractivity contribution is 0.141. The van der Waals surface area contributed by atoms with Crippen LogP contribution in [0.1, 0.15) is 58.3 Å². The molecular weight excluding hydrogens is 196 g/mol. The van der Waals surface area contributed by atoms with Gasteiger partial charge in [-0.1, -0.05) is 0 Å². The number of hydrogen-bond acceptors (Lipinski definition) is 2. The molecule has 2 rings (SSSR count). The van der Waals surface area contributed by atoms with Gasteiger partial charge in [0, 0.05) is 6.04 Å². The largest absolute Gasteiger partial charge is 0.328 e. The van der Waals surface area contributed by atoms with Crippen LogP contribution in [0.2, 0.25) is 0 Å². The fourth-order valence-corrected chi connectivity index (χ4v) is 3.48. The highest BCUT2D eigenvalue weighted by molar-refractivity contribution is 4.99. The minimum atomic E-state index is -0.0262. The van der Waals surface area contributed by atoms with Crippen molar-refractivity contribution in [2.45, 2.75) is 64.3 Å². The zero-order valence-corrected chi connectivity index (χ0v) is 10.4. The van der Waals surface area contributed by atoms with E-state index in [9.17, 15) is 0 Å². The maximum atomic E-state index is 9.12. The van der Waals surface area contributed by atoms with Crippen molar-refractivity contribution < 1.29 is 0 Å². The van der Waals surface area contributed by atoms with Crippen molar-refractivity contribution in [1.82, 2.24) is 0 Å². The van der Waals surface area contributed by atoms with Crippen molar-refractivity contribution in [3.05, 3.63) is 0 Å². The van der Waals surface area contributed by atoms with Gasteiger partial charge in [0.15, 0.2) is 0 Å². The van der Waals surface area contributed by atoms with Crippen LogP contribution in [-0.4, -0.2) is 6.04 Å². The normalized spacial score (nSPS) is 44.9. The quantitative estimate of drug-likeness (QED) is 0.737. The third-order valence-electron chi connectivity index (χ3n) is 4.89. The first-order chi connectivity index (χ1) is 7.63. The predicted octanol–water partition coefficient (Wildman–Crippen LogP) is 3.22. The molecule has 16 heavy (non-hydrogen) atoms. The van der Waals surface area contributed by atoms with E-state index in [-0.39, 0.29) is 5.41 Å². The first-order valence-corrected chi connectivity index (χ1v) is 6.80. The van der Waals surface area contributed by atoms with Gasteiger partial charge in [-0.05, 0) is 70.1 Å². The molecule has 0 amide bonds. The Labute approximate surface area is 99.2 Å². The molecule has 2 nitrogen and oxygen atoms in total. The van der Waals surface area contributed by atoms with Gasteiger partial charge in [0.05, 0.1) is 11.5 Å². The highest BCUT2D eigenvalue weighted by atomic mass is 14.6. The summed E-state index contributed by atoms with van der Waals surface area (Å²) in [6.45, 7) is 2.13. The van der Waals surface area contributed by atoms with Crippen LogP contribution >= 0.6 is 0 Å². The Hall–Kier alpha value is -0.550. The molecule has 2 N–H and O–H groups in total. The van der Waals surface area contributed by atoms with Crippen molar-refractivity contribution in [2.75, 3.05) is 0 Å². The van der Waals surface area contributed by atoms with Gasteiger partial charge in [-0.2, -0.15) is 5.26 Å². The molecule has 0 aromatic rings. The monoisotopic (exact) mass is 220 g/mol. The van der Waals surface area contributed by atoms with Gasteiger partial charge in [-0.25, -0.2) is 0 Å². The van der Waals surface area contributed by atoms with E-state index in [1.807, 2.05) is 0 Å².